The van der Waals surface area contributed by atoms with E-state index in [2.05, 4.69) is 16.8 Å². The number of aliphatic carboxylic acids is 1. The maximum atomic E-state index is 10.5. The van der Waals surface area contributed by atoms with Crippen LogP contribution in [0.25, 0.3) is 6.08 Å². The van der Waals surface area contributed by atoms with Gasteiger partial charge in [-0.05, 0) is 44.8 Å². The molecular formula is C14H20N2O2S. The Morgan fingerprint density at radius 1 is 1.53 bits per heavy atom. The summed E-state index contributed by atoms with van der Waals surface area (Å²) in [5.41, 5.74) is 0.919. The summed E-state index contributed by atoms with van der Waals surface area (Å²) in [5.74, 6) is -0.0808. The monoisotopic (exact) mass is 280 g/mol. The predicted molar refractivity (Wildman–Crippen MR) is 77.2 cm³/mol. The molecule has 1 aliphatic rings. The molecule has 1 N–H and O–H groups in total. The molecule has 2 rings (SSSR count). The highest BCUT2D eigenvalue weighted by Crippen LogP contribution is 2.23. The SMILES string of the molecule is Cc1nc(CN2CCC(C)CC2)sc1/C=C/C(=O)O. The van der Waals surface area contributed by atoms with Gasteiger partial charge in [0.1, 0.15) is 5.01 Å². The lowest BCUT2D eigenvalue weighted by molar-refractivity contribution is -0.131. The van der Waals surface area contributed by atoms with Crippen LogP contribution in [0.4, 0.5) is 0 Å². The van der Waals surface area contributed by atoms with E-state index in [4.69, 9.17) is 5.11 Å². The number of hydrogen-bond donors (Lipinski definition) is 1. The highest BCUT2D eigenvalue weighted by Gasteiger charge is 2.17. The minimum absolute atomic E-state index is 0.836. The number of hydrogen-bond acceptors (Lipinski definition) is 4. The van der Waals surface area contributed by atoms with Gasteiger partial charge in [-0.3, -0.25) is 4.90 Å². The fourth-order valence-electron chi connectivity index (χ4n) is 2.25. The van der Waals surface area contributed by atoms with Crippen molar-refractivity contribution in [2.45, 2.75) is 33.2 Å². The van der Waals surface area contributed by atoms with Crippen LogP contribution in [0.15, 0.2) is 6.08 Å². The van der Waals surface area contributed by atoms with Gasteiger partial charge in [-0.1, -0.05) is 6.92 Å². The van der Waals surface area contributed by atoms with Crippen LogP contribution in [0.1, 0.15) is 35.3 Å². The topological polar surface area (TPSA) is 53.4 Å². The van der Waals surface area contributed by atoms with Crippen LogP contribution >= 0.6 is 11.3 Å². The number of piperidine rings is 1. The maximum Gasteiger partial charge on any atom is 0.328 e. The third-order valence-electron chi connectivity index (χ3n) is 3.49. The van der Waals surface area contributed by atoms with Gasteiger partial charge in [-0.15, -0.1) is 11.3 Å². The summed E-state index contributed by atoms with van der Waals surface area (Å²) in [6.07, 6.45) is 5.33. The van der Waals surface area contributed by atoms with E-state index in [1.54, 1.807) is 17.4 Å². The van der Waals surface area contributed by atoms with Crippen molar-refractivity contribution in [3.8, 4) is 0 Å². The molecule has 0 amide bonds. The van der Waals surface area contributed by atoms with Gasteiger partial charge in [0.2, 0.25) is 0 Å². The molecule has 1 aromatic rings. The van der Waals surface area contributed by atoms with Crippen molar-refractivity contribution in [3.05, 3.63) is 21.7 Å². The third kappa shape index (κ3) is 4.14. The van der Waals surface area contributed by atoms with Crippen LogP contribution in [0.2, 0.25) is 0 Å². The van der Waals surface area contributed by atoms with Gasteiger partial charge in [0.05, 0.1) is 17.1 Å². The van der Waals surface area contributed by atoms with Crippen molar-refractivity contribution < 1.29 is 9.90 Å². The molecule has 0 unspecified atom stereocenters. The van der Waals surface area contributed by atoms with Crippen molar-refractivity contribution >= 4 is 23.4 Å². The Kier molecular flexibility index (Phi) is 4.71. The lowest BCUT2D eigenvalue weighted by Gasteiger charge is -2.29. The highest BCUT2D eigenvalue weighted by molar-refractivity contribution is 7.12. The average molecular weight is 280 g/mol. The number of likely N-dealkylation sites (tertiary alicyclic amines) is 1. The predicted octanol–water partition coefficient (Wildman–Crippen LogP) is 2.78. The first-order chi connectivity index (χ1) is 9.04. The van der Waals surface area contributed by atoms with Gasteiger partial charge in [0, 0.05) is 6.08 Å². The Labute approximate surface area is 117 Å². The third-order valence-corrected chi connectivity index (χ3v) is 4.60. The first kappa shape index (κ1) is 14.2. The molecule has 0 aliphatic carbocycles. The number of carboxylic acids is 1. The largest absolute Gasteiger partial charge is 0.478 e. The van der Waals surface area contributed by atoms with E-state index in [9.17, 15) is 4.79 Å². The van der Waals surface area contributed by atoms with Crippen molar-refractivity contribution in [1.82, 2.24) is 9.88 Å². The molecule has 1 fully saturated rings. The Morgan fingerprint density at radius 2 is 2.21 bits per heavy atom. The van der Waals surface area contributed by atoms with E-state index in [0.29, 0.717) is 0 Å². The van der Waals surface area contributed by atoms with Crippen molar-refractivity contribution in [3.63, 3.8) is 0 Å². The molecule has 19 heavy (non-hydrogen) atoms. The van der Waals surface area contributed by atoms with E-state index >= 15 is 0 Å². The number of aromatic nitrogens is 1. The number of rotatable bonds is 4. The van der Waals surface area contributed by atoms with Crippen molar-refractivity contribution in [1.29, 1.82) is 0 Å². The van der Waals surface area contributed by atoms with E-state index < -0.39 is 5.97 Å². The molecule has 0 spiro atoms. The standard InChI is InChI=1S/C14H20N2O2S/c1-10-5-7-16(8-6-10)9-13-15-11(2)12(19-13)3-4-14(17)18/h3-4,10H,5-9H2,1-2H3,(H,17,18)/b4-3+. The maximum absolute atomic E-state index is 10.5. The number of aryl methyl sites for hydroxylation is 1. The second kappa shape index (κ2) is 6.30. The molecule has 1 aliphatic heterocycles. The number of carboxylic acid groups (broad SMARTS) is 1. The van der Waals surface area contributed by atoms with Crippen LogP contribution < -0.4 is 0 Å². The van der Waals surface area contributed by atoms with Crippen LogP contribution in [-0.4, -0.2) is 34.0 Å². The Hall–Kier alpha value is -1.20. The first-order valence-electron chi connectivity index (χ1n) is 6.64. The number of thiazole rings is 1. The summed E-state index contributed by atoms with van der Waals surface area (Å²) in [7, 11) is 0. The fourth-order valence-corrected chi connectivity index (χ4v) is 3.26. The minimum atomic E-state index is -0.917. The van der Waals surface area contributed by atoms with Gasteiger partial charge in [0.15, 0.2) is 0 Å². The molecule has 1 aromatic heterocycles. The van der Waals surface area contributed by atoms with E-state index in [1.807, 2.05) is 6.92 Å². The second-order valence-electron chi connectivity index (χ2n) is 5.19. The van der Waals surface area contributed by atoms with Gasteiger partial charge in [-0.25, -0.2) is 9.78 Å². The van der Waals surface area contributed by atoms with Gasteiger partial charge in [0.25, 0.3) is 0 Å². The Bertz CT molecular complexity index is 474. The highest BCUT2D eigenvalue weighted by atomic mass is 32.1. The molecule has 0 radical (unpaired) electrons. The van der Waals surface area contributed by atoms with Crippen molar-refractivity contribution in [2.24, 2.45) is 5.92 Å². The van der Waals surface area contributed by atoms with Crippen LogP contribution in [0, 0.1) is 12.8 Å². The zero-order chi connectivity index (χ0) is 13.8. The number of carbonyl (C=O) groups is 1. The fraction of sp³-hybridized carbons (Fsp3) is 0.571. The van der Waals surface area contributed by atoms with E-state index in [1.165, 1.54) is 18.9 Å². The quantitative estimate of drug-likeness (QED) is 0.862. The molecule has 1 saturated heterocycles. The lowest BCUT2D eigenvalue weighted by atomic mass is 9.99. The zero-order valence-electron chi connectivity index (χ0n) is 11.4. The summed E-state index contributed by atoms with van der Waals surface area (Å²) in [6, 6.07) is 0. The summed E-state index contributed by atoms with van der Waals surface area (Å²) < 4.78 is 0. The lowest BCUT2D eigenvalue weighted by Crippen LogP contribution is -2.32. The summed E-state index contributed by atoms with van der Waals surface area (Å²) in [5, 5.41) is 9.73. The van der Waals surface area contributed by atoms with Crippen molar-refractivity contribution in [2.75, 3.05) is 13.1 Å². The van der Waals surface area contributed by atoms with Gasteiger partial charge in [-0.2, -0.15) is 0 Å². The molecule has 4 nitrogen and oxygen atoms in total. The molecule has 0 saturated carbocycles. The summed E-state index contributed by atoms with van der Waals surface area (Å²) in [6.45, 7) is 7.40. The normalized spacial score (nSPS) is 18.2. The molecule has 0 bridgehead atoms. The second-order valence-corrected chi connectivity index (χ2v) is 6.30. The molecule has 0 atom stereocenters. The molecule has 2 heterocycles. The van der Waals surface area contributed by atoms with E-state index in [0.717, 1.165) is 41.1 Å². The Balaban J connectivity index is 1.98. The van der Waals surface area contributed by atoms with Crippen LogP contribution in [0.3, 0.4) is 0 Å². The molecule has 104 valence electrons. The minimum Gasteiger partial charge on any atom is -0.478 e. The molecule has 5 heteroatoms. The summed E-state index contributed by atoms with van der Waals surface area (Å²) in [4.78, 5) is 18.4. The van der Waals surface area contributed by atoms with Crippen LogP contribution in [-0.2, 0) is 11.3 Å². The molecule has 0 aromatic carbocycles. The molecular weight excluding hydrogens is 260 g/mol. The van der Waals surface area contributed by atoms with Gasteiger partial charge < -0.3 is 5.11 Å². The first-order valence-corrected chi connectivity index (χ1v) is 7.46. The number of nitrogens with zero attached hydrogens (tertiary/aromatic N) is 2. The zero-order valence-corrected chi connectivity index (χ0v) is 12.2. The Morgan fingerprint density at radius 3 is 2.84 bits per heavy atom. The van der Waals surface area contributed by atoms with E-state index in [-0.39, 0.29) is 0 Å². The smallest absolute Gasteiger partial charge is 0.328 e. The van der Waals surface area contributed by atoms with Gasteiger partial charge >= 0.3 is 5.97 Å². The summed E-state index contributed by atoms with van der Waals surface area (Å²) >= 11 is 1.59. The average Bonchev–Trinajstić information content (AvgIpc) is 2.70. The van der Waals surface area contributed by atoms with Crippen LogP contribution in [0.5, 0.6) is 0 Å².